The van der Waals surface area contributed by atoms with Crippen LogP contribution in [0.1, 0.15) is 6.92 Å². The number of aromatic nitrogens is 3. The predicted octanol–water partition coefficient (Wildman–Crippen LogP) is 2.94. The van der Waals surface area contributed by atoms with Crippen LogP contribution in [0.3, 0.4) is 0 Å². The fraction of sp³-hybridized carbons (Fsp3) is 0.263. The maximum atomic E-state index is 11.7. The highest BCUT2D eigenvalue weighted by atomic mass is 16.5. The van der Waals surface area contributed by atoms with Gasteiger partial charge >= 0.3 is 6.03 Å². The molecule has 2 amide bonds. The molecule has 0 aliphatic carbocycles. The van der Waals surface area contributed by atoms with E-state index in [2.05, 4.69) is 30.9 Å². The third kappa shape index (κ3) is 4.54. The molecule has 3 rings (SSSR count). The van der Waals surface area contributed by atoms with Gasteiger partial charge in [0.15, 0.2) is 23.0 Å². The molecule has 0 bridgehead atoms. The van der Waals surface area contributed by atoms with Crippen LogP contribution in [0, 0.1) is 0 Å². The minimum atomic E-state index is -0.334. The van der Waals surface area contributed by atoms with E-state index in [1.54, 1.807) is 51.8 Å². The molecule has 0 aliphatic rings. The second-order valence-corrected chi connectivity index (χ2v) is 5.82. The molecular weight excluding hydrogens is 376 g/mol. The number of ether oxygens (including phenoxy) is 3. The molecule has 10 heteroatoms. The molecule has 3 N–H and O–H groups in total. The first-order chi connectivity index (χ1) is 14.1. The Morgan fingerprint density at radius 2 is 1.69 bits per heavy atom. The number of carbonyl (C=O) groups is 1. The topological polar surface area (TPSA) is 120 Å². The number of urea groups is 1. The number of nitrogens with one attached hydrogen (secondary N) is 3. The van der Waals surface area contributed by atoms with E-state index in [0.29, 0.717) is 52.3 Å². The summed E-state index contributed by atoms with van der Waals surface area (Å²) in [5, 5.41) is 8.44. The highest BCUT2D eigenvalue weighted by Gasteiger charge is 2.14. The SMILES string of the molecule is CCNC(=O)Nc1ccc2ncc(Nc3cc(OC)c(OC)c(OC)c3)nc2n1. The summed E-state index contributed by atoms with van der Waals surface area (Å²) in [6.07, 6.45) is 1.59. The number of hydrogen-bond donors (Lipinski definition) is 3. The van der Waals surface area contributed by atoms with Crippen LogP contribution in [-0.2, 0) is 0 Å². The van der Waals surface area contributed by atoms with Crippen LogP contribution >= 0.6 is 0 Å². The third-order valence-electron chi connectivity index (χ3n) is 3.92. The second kappa shape index (κ2) is 8.91. The minimum Gasteiger partial charge on any atom is -0.493 e. The van der Waals surface area contributed by atoms with Crippen LogP contribution in [0.5, 0.6) is 17.2 Å². The summed E-state index contributed by atoms with van der Waals surface area (Å²) < 4.78 is 16.0. The number of methoxy groups -OCH3 is 3. The van der Waals surface area contributed by atoms with Crippen molar-refractivity contribution in [3.8, 4) is 17.2 Å². The lowest BCUT2D eigenvalue weighted by atomic mass is 10.2. The van der Waals surface area contributed by atoms with Crippen molar-refractivity contribution in [2.45, 2.75) is 6.92 Å². The number of carbonyl (C=O) groups excluding carboxylic acids is 1. The first-order valence-corrected chi connectivity index (χ1v) is 8.83. The first kappa shape index (κ1) is 19.9. The number of rotatable bonds is 7. The van der Waals surface area contributed by atoms with Crippen LogP contribution in [-0.4, -0.2) is 48.9 Å². The van der Waals surface area contributed by atoms with Gasteiger partial charge in [0.2, 0.25) is 5.75 Å². The molecule has 152 valence electrons. The van der Waals surface area contributed by atoms with Gasteiger partial charge in [-0.3, -0.25) is 5.32 Å². The molecule has 0 radical (unpaired) electrons. The smallest absolute Gasteiger partial charge is 0.320 e. The summed E-state index contributed by atoms with van der Waals surface area (Å²) in [5.41, 5.74) is 1.66. The lowest BCUT2D eigenvalue weighted by Gasteiger charge is -2.15. The highest BCUT2D eigenvalue weighted by Crippen LogP contribution is 2.40. The maximum absolute atomic E-state index is 11.7. The zero-order valence-electron chi connectivity index (χ0n) is 16.6. The van der Waals surface area contributed by atoms with Crippen LogP contribution in [0.4, 0.5) is 22.1 Å². The quantitative estimate of drug-likeness (QED) is 0.556. The average Bonchev–Trinajstić information content (AvgIpc) is 2.72. The summed E-state index contributed by atoms with van der Waals surface area (Å²) in [6.45, 7) is 2.35. The molecule has 10 nitrogen and oxygen atoms in total. The van der Waals surface area contributed by atoms with Crippen molar-refractivity contribution in [3.63, 3.8) is 0 Å². The molecule has 0 saturated heterocycles. The Labute approximate surface area is 167 Å². The number of pyridine rings is 1. The second-order valence-electron chi connectivity index (χ2n) is 5.82. The van der Waals surface area contributed by atoms with E-state index in [4.69, 9.17) is 14.2 Å². The fourth-order valence-corrected chi connectivity index (χ4v) is 2.65. The Balaban J connectivity index is 1.89. The van der Waals surface area contributed by atoms with Gasteiger partial charge in [-0.05, 0) is 19.1 Å². The fourth-order valence-electron chi connectivity index (χ4n) is 2.65. The van der Waals surface area contributed by atoms with Crippen molar-refractivity contribution in [2.24, 2.45) is 0 Å². The van der Waals surface area contributed by atoms with Gasteiger partial charge in [0.05, 0.1) is 27.5 Å². The number of anilines is 3. The molecule has 0 saturated carbocycles. The normalized spacial score (nSPS) is 10.3. The van der Waals surface area contributed by atoms with Crippen LogP contribution in [0.15, 0.2) is 30.5 Å². The van der Waals surface area contributed by atoms with E-state index >= 15 is 0 Å². The Hall–Kier alpha value is -3.82. The van der Waals surface area contributed by atoms with Gasteiger partial charge in [0, 0.05) is 24.4 Å². The largest absolute Gasteiger partial charge is 0.493 e. The molecule has 29 heavy (non-hydrogen) atoms. The standard InChI is InChI=1S/C19H22N6O4/c1-5-20-19(26)25-15-7-6-12-18(23-15)24-16(10-21-12)22-11-8-13(27-2)17(29-4)14(9-11)28-3/h6-10H,5H2,1-4H3,(H3,20,22,23,24,25,26). The molecule has 2 heterocycles. The van der Waals surface area contributed by atoms with E-state index in [9.17, 15) is 4.79 Å². The molecule has 0 atom stereocenters. The maximum Gasteiger partial charge on any atom is 0.320 e. The van der Waals surface area contributed by atoms with E-state index in [1.807, 2.05) is 6.92 Å². The average molecular weight is 398 g/mol. The van der Waals surface area contributed by atoms with Crippen molar-refractivity contribution in [1.82, 2.24) is 20.3 Å². The lowest BCUT2D eigenvalue weighted by molar-refractivity contribution is 0.252. The summed E-state index contributed by atoms with van der Waals surface area (Å²) in [6, 6.07) is 6.58. The first-order valence-electron chi connectivity index (χ1n) is 8.83. The Morgan fingerprint density at radius 1 is 1.00 bits per heavy atom. The van der Waals surface area contributed by atoms with Gasteiger partial charge in [-0.25, -0.2) is 19.7 Å². The molecule has 0 unspecified atom stereocenters. The van der Waals surface area contributed by atoms with Gasteiger partial charge in [-0.15, -0.1) is 0 Å². The minimum absolute atomic E-state index is 0.334. The van der Waals surface area contributed by atoms with Gasteiger partial charge in [-0.2, -0.15) is 0 Å². The highest BCUT2D eigenvalue weighted by molar-refractivity contribution is 5.89. The van der Waals surface area contributed by atoms with E-state index in [1.165, 1.54) is 0 Å². The number of fused-ring (bicyclic) bond motifs is 1. The number of amides is 2. The van der Waals surface area contributed by atoms with E-state index in [0.717, 1.165) is 0 Å². The van der Waals surface area contributed by atoms with Crippen molar-refractivity contribution in [1.29, 1.82) is 0 Å². The van der Waals surface area contributed by atoms with Gasteiger partial charge in [0.25, 0.3) is 0 Å². The summed E-state index contributed by atoms with van der Waals surface area (Å²) in [4.78, 5) is 24.8. The van der Waals surface area contributed by atoms with Crippen LogP contribution in [0.25, 0.3) is 11.2 Å². The third-order valence-corrected chi connectivity index (χ3v) is 3.92. The zero-order valence-corrected chi connectivity index (χ0v) is 16.6. The molecule has 3 aromatic rings. The van der Waals surface area contributed by atoms with Crippen LogP contribution in [0.2, 0.25) is 0 Å². The molecule has 0 spiro atoms. The molecule has 0 aliphatic heterocycles. The van der Waals surface area contributed by atoms with Gasteiger partial charge in [-0.1, -0.05) is 0 Å². The summed E-state index contributed by atoms with van der Waals surface area (Å²) >= 11 is 0. The van der Waals surface area contributed by atoms with E-state index < -0.39 is 0 Å². The Morgan fingerprint density at radius 3 is 2.31 bits per heavy atom. The van der Waals surface area contributed by atoms with Crippen molar-refractivity contribution < 1.29 is 19.0 Å². The zero-order chi connectivity index (χ0) is 20.8. The Kier molecular flexibility index (Phi) is 6.12. The molecule has 1 aromatic carbocycles. The molecular formula is C19H22N6O4. The number of hydrogen-bond acceptors (Lipinski definition) is 8. The van der Waals surface area contributed by atoms with Crippen molar-refractivity contribution in [3.05, 3.63) is 30.5 Å². The lowest BCUT2D eigenvalue weighted by Crippen LogP contribution is -2.28. The van der Waals surface area contributed by atoms with Crippen molar-refractivity contribution >= 4 is 34.5 Å². The summed E-state index contributed by atoms with van der Waals surface area (Å²) in [7, 11) is 4.63. The van der Waals surface area contributed by atoms with Gasteiger partial charge in [0.1, 0.15) is 11.3 Å². The Bertz CT molecular complexity index is 1000. The van der Waals surface area contributed by atoms with Crippen LogP contribution < -0.4 is 30.2 Å². The number of nitrogens with zero attached hydrogens (tertiary/aromatic N) is 3. The predicted molar refractivity (Wildman–Crippen MR) is 109 cm³/mol. The van der Waals surface area contributed by atoms with E-state index in [-0.39, 0.29) is 6.03 Å². The molecule has 0 fully saturated rings. The van der Waals surface area contributed by atoms with Gasteiger partial charge < -0.3 is 24.8 Å². The number of benzene rings is 1. The summed E-state index contributed by atoms with van der Waals surface area (Å²) in [5.74, 6) is 2.36. The monoisotopic (exact) mass is 398 g/mol. The van der Waals surface area contributed by atoms with Crippen molar-refractivity contribution in [2.75, 3.05) is 38.5 Å². The molecule has 2 aromatic heterocycles.